The Balaban J connectivity index is 1.80. The van der Waals surface area contributed by atoms with Crippen molar-refractivity contribution < 1.29 is 14.3 Å². The molecule has 0 radical (unpaired) electrons. The van der Waals surface area contributed by atoms with Crippen molar-refractivity contribution in [2.75, 3.05) is 31.2 Å². The number of morpholine rings is 1. The molecule has 21 heavy (non-hydrogen) atoms. The van der Waals surface area contributed by atoms with Gasteiger partial charge in [-0.3, -0.25) is 14.9 Å². The number of benzene rings is 1. The van der Waals surface area contributed by atoms with Gasteiger partial charge in [0.2, 0.25) is 11.8 Å². The topological polar surface area (TPSA) is 58.6 Å². The monoisotopic (exact) mass is 288 g/mol. The van der Waals surface area contributed by atoms with Gasteiger partial charge in [0.25, 0.3) is 0 Å². The third-order valence-corrected chi connectivity index (χ3v) is 4.49. The van der Waals surface area contributed by atoms with E-state index in [1.54, 1.807) is 0 Å². The molecule has 5 nitrogen and oxygen atoms in total. The second-order valence-corrected chi connectivity index (χ2v) is 5.86. The molecule has 112 valence electrons. The van der Waals surface area contributed by atoms with E-state index in [1.165, 1.54) is 0 Å². The first-order valence-corrected chi connectivity index (χ1v) is 7.37. The Morgan fingerprint density at radius 3 is 2.43 bits per heavy atom. The van der Waals surface area contributed by atoms with Crippen LogP contribution in [0.25, 0.3) is 0 Å². The predicted octanol–water partition coefficient (Wildman–Crippen LogP) is 1.22. The summed E-state index contributed by atoms with van der Waals surface area (Å²) < 4.78 is 5.35. The highest BCUT2D eigenvalue weighted by Crippen LogP contribution is 2.33. The summed E-state index contributed by atoms with van der Waals surface area (Å²) in [5.74, 6) is -0.375. The first kappa shape index (κ1) is 14.1. The highest BCUT2D eigenvalue weighted by molar-refractivity contribution is 6.03. The van der Waals surface area contributed by atoms with E-state index in [2.05, 4.69) is 22.3 Å². The van der Waals surface area contributed by atoms with Crippen molar-refractivity contribution in [3.05, 3.63) is 29.8 Å². The Morgan fingerprint density at radius 1 is 1.14 bits per heavy atom. The molecule has 1 atom stereocenters. The summed E-state index contributed by atoms with van der Waals surface area (Å²) in [4.78, 5) is 25.7. The number of carbonyl (C=O) groups is 2. The fourth-order valence-corrected chi connectivity index (χ4v) is 2.94. The number of piperidine rings is 1. The fraction of sp³-hybridized carbons (Fsp3) is 0.500. The smallest absolute Gasteiger partial charge is 0.236 e. The van der Waals surface area contributed by atoms with E-state index in [-0.39, 0.29) is 11.8 Å². The maximum atomic E-state index is 12.2. The van der Waals surface area contributed by atoms with Crippen LogP contribution in [0, 0.1) is 0 Å². The molecule has 0 saturated carbocycles. The van der Waals surface area contributed by atoms with E-state index in [0.717, 1.165) is 37.6 Å². The second kappa shape index (κ2) is 5.48. The molecule has 2 aliphatic rings. The van der Waals surface area contributed by atoms with Gasteiger partial charge in [-0.1, -0.05) is 12.1 Å². The van der Waals surface area contributed by atoms with Gasteiger partial charge in [0, 0.05) is 25.2 Å². The number of anilines is 1. The number of nitrogens with one attached hydrogen (secondary N) is 1. The lowest BCUT2D eigenvalue weighted by molar-refractivity contribution is -0.137. The number of carbonyl (C=O) groups excluding carboxylic acids is 2. The molecule has 1 aromatic rings. The molecule has 3 rings (SSSR count). The number of hydrogen-bond donors (Lipinski definition) is 1. The van der Waals surface area contributed by atoms with Crippen molar-refractivity contribution in [3.63, 3.8) is 0 Å². The number of rotatable bonds is 2. The quantitative estimate of drug-likeness (QED) is 0.831. The van der Waals surface area contributed by atoms with Gasteiger partial charge in [0.05, 0.1) is 18.6 Å². The van der Waals surface area contributed by atoms with Gasteiger partial charge in [0.1, 0.15) is 0 Å². The summed E-state index contributed by atoms with van der Waals surface area (Å²) in [6.07, 6.45) is 0.960. The van der Waals surface area contributed by atoms with Gasteiger partial charge >= 0.3 is 0 Å². The third-order valence-electron chi connectivity index (χ3n) is 4.49. The van der Waals surface area contributed by atoms with Gasteiger partial charge in [-0.25, -0.2) is 0 Å². The lowest BCUT2D eigenvalue weighted by atomic mass is 9.75. The fourth-order valence-electron chi connectivity index (χ4n) is 2.94. The zero-order valence-electron chi connectivity index (χ0n) is 12.2. The van der Waals surface area contributed by atoms with Gasteiger partial charge in [-0.05, 0) is 31.0 Å². The van der Waals surface area contributed by atoms with Crippen LogP contribution in [0.3, 0.4) is 0 Å². The van der Waals surface area contributed by atoms with Crippen LogP contribution in [0.2, 0.25) is 0 Å². The van der Waals surface area contributed by atoms with E-state index in [9.17, 15) is 9.59 Å². The Morgan fingerprint density at radius 2 is 1.81 bits per heavy atom. The largest absolute Gasteiger partial charge is 0.378 e. The minimum absolute atomic E-state index is 0.178. The normalized spacial score (nSPS) is 26.6. The van der Waals surface area contributed by atoms with E-state index in [4.69, 9.17) is 4.74 Å². The number of nitrogens with zero attached hydrogens (tertiary/aromatic N) is 1. The summed E-state index contributed by atoms with van der Waals surface area (Å²) in [6.45, 7) is 5.20. The average Bonchev–Trinajstić information content (AvgIpc) is 2.52. The highest BCUT2D eigenvalue weighted by atomic mass is 16.5. The third kappa shape index (κ3) is 2.65. The number of hydrogen-bond acceptors (Lipinski definition) is 4. The summed E-state index contributed by atoms with van der Waals surface area (Å²) in [5, 5.41) is 2.44. The van der Waals surface area contributed by atoms with Crippen molar-refractivity contribution in [1.82, 2.24) is 5.32 Å². The number of amides is 2. The van der Waals surface area contributed by atoms with Crippen LogP contribution in [-0.4, -0.2) is 38.1 Å². The average molecular weight is 288 g/mol. The molecule has 2 aliphatic heterocycles. The van der Waals surface area contributed by atoms with Crippen LogP contribution in [0.5, 0.6) is 0 Å². The Kier molecular flexibility index (Phi) is 3.68. The van der Waals surface area contributed by atoms with Gasteiger partial charge in [-0.15, -0.1) is 0 Å². The molecule has 2 fully saturated rings. The molecule has 2 saturated heterocycles. The SMILES string of the molecule is CC1(c2ccc(N3CCOCC3)cc2)CCC(=O)NC1=O. The lowest BCUT2D eigenvalue weighted by Gasteiger charge is -2.33. The minimum atomic E-state index is -0.614. The lowest BCUT2D eigenvalue weighted by Crippen LogP contribution is -2.49. The van der Waals surface area contributed by atoms with E-state index < -0.39 is 5.41 Å². The molecule has 5 heteroatoms. The van der Waals surface area contributed by atoms with Crippen LogP contribution in [0.1, 0.15) is 25.3 Å². The molecule has 2 amide bonds. The molecule has 0 spiro atoms. The van der Waals surface area contributed by atoms with E-state index in [0.29, 0.717) is 12.8 Å². The van der Waals surface area contributed by atoms with Crippen molar-refractivity contribution in [3.8, 4) is 0 Å². The van der Waals surface area contributed by atoms with Gasteiger partial charge in [0.15, 0.2) is 0 Å². The molecule has 0 aromatic heterocycles. The standard InChI is InChI=1S/C16H20N2O3/c1-16(7-6-14(19)17-15(16)20)12-2-4-13(5-3-12)18-8-10-21-11-9-18/h2-5H,6-11H2,1H3,(H,17,19,20). The summed E-state index contributed by atoms with van der Waals surface area (Å²) in [7, 11) is 0. The zero-order valence-corrected chi connectivity index (χ0v) is 12.2. The summed E-state index contributed by atoms with van der Waals surface area (Å²) in [6, 6.07) is 8.10. The van der Waals surface area contributed by atoms with Crippen molar-refractivity contribution >= 4 is 17.5 Å². The molecular formula is C16H20N2O3. The van der Waals surface area contributed by atoms with E-state index >= 15 is 0 Å². The second-order valence-electron chi connectivity index (χ2n) is 5.86. The summed E-state index contributed by atoms with van der Waals surface area (Å²) in [5.41, 5.74) is 1.50. The van der Waals surface area contributed by atoms with Gasteiger partial charge < -0.3 is 9.64 Å². The van der Waals surface area contributed by atoms with Crippen LogP contribution >= 0.6 is 0 Å². The maximum Gasteiger partial charge on any atom is 0.236 e. The first-order valence-electron chi connectivity index (χ1n) is 7.37. The Bertz CT molecular complexity index is 549. The number of imide groups is 1. The first-order chi connectivity index (χ1) is 10.1. The van der Waals surface area contributed by atoms with Crippen molar-refractivity contribution in [2.24, 2.45) is 0 Å². The highest BCUT2D eigenvalue weighted by Gasteiger charge is 2.39. The van der Waals surface area contributed by atoms with Crippen molar-refractivity contribution in [2.45, 2.75) is 25.2 Å². The minimum Gasteiger partial charge on any atom is -0.378 e. The van der Waals surface area contributed by atoms with Crippen molar-refractivity contribution in [1.29, 1.82) is 0 Å². The van der Waals surface area contributed by atoms with E-state index in [1.807, 2.05) is 19.1 Å². The molecule has 2 heterocycles. The molecule has 0 aliphatic carbocycles. The predicted molar refractivity (Wildman–Crippen MR) is 79.2 cm³/mol. The summed E-state index contributed by atoms with van der Waals surface area (Å²) >= 11 is 0. The Labute approximate surface area is 124 Å². The zero-order chi connectivity index (χ0) is 14.9. The molecule has 1 N–H and O–H groups in total. The van der Waals surface area contributed by atoms with Crippen LogP contribution in [0.15, 0.2) is 24.3 Å². The molecule has 1 aromatic carbocycles. The Hall–Kier alpha value is -1.88. The molecular weight excluding hydrogens is 268 g/mol. The van der Waals surface area contributed by atoms with Crippen LogP contribution in [0.4, 0.5) is 5.69 Å². The van der Waals surface area contributed by atoms with Crippen LogP contribution < -0.4 is 10.2 Å². The molecule has 1 unspecified atom stereocenters. The maximum absolute atomic E-state index is 12.2. The molecule has 0 bridgehead atoms. The van der Waals surface area contributed by atoms with Crippen LogP contribution in [-0.2, 0) is 19.7 Å². The van der Waals surface area contributed by atoms with Gasteiger partial charge in [-0.2, -0.15) is 0 Å². The number of ether oxygens (including phenoxy) is 1.